The van der Waals surface area contributed by atoms with E-state index in [4.69, 9.17) is 5.73 Å². The standard InChI is InChI=1S/C9H9I2N3OS/c1-4(13-14-9(12)16)5-2-6(10)8(15)7(11)3-5/h2-3,15H,1H3,(H3,12,14,16)/b13-4-. The number of rotatable bonds is 2. The number of thiocarbonyl (C=S) groups is 1. The number of hydrogen-bond acceptors (Lipinski definition) is 3. The van der Waals surface area contributed by atoms with Crippen LogP contribution in [-0.4, -0.2) is 15.9 Å². The van der Waals surface area contributed by atoms with E-state index in [0.717, 1.165) is 18.4 Å². The van der Waals surface area contributed by atoms with Gasteiger partial charge in [0, 0.05) is 0 Å². The Kier molecular flexibility index (Phi) is 5.18. The van der Waals surface area contributed by atoms with Crippen LogP contribution in [0.25, 0.3) is 0 Å². The average molecular weight is 461 g/mol. The molecule has 16 heavy (non-hydrogen) atoms. The van der Waals surface area contributed by atoms with Crippen molar-refractivity contribution in [2.75, 3.05) is 0 Å². The second kappa shape index (κ2) is 5.96. The number of nitrogens with two attached hydrogens (primary N) is 1. The summed E-state index contributed by atoms with van der Waals surface area (Å²) in [4.78, 5) is 0. The number of hydrazone groups is 1. The van der Waals surface area contributed by atoms with Crippen LogP contribution in [0, 0.1) is 7.14 Å². The van der Waals surface area contributed by atoms with E-state index in [-0.39, 0.29) is 5.11 Å². The molecule has 0 atom stereocenters. The number of phenolic OH excluding ortho intramolecular Hbond substituents is 1. The van der Waals surface area contributed by atoms with Gasteiger partial charge in [0.25, 0.3) is 0 Å². The third-order valence-corrected chi connectivity index (χ3v) is 3.50. The van der Waals surface area contributed by atoms with Gasteiger partial charge in [-0.05, 0) is 82.0 Å². The number of halogens is 2. The SMILES string of the molecule is C/C(=N/NC(N)=S)c1cc(I)c(O)c(I)c1. The Morgan fingerprint density at radius 1 is 1.44 bits per heavy atom. The Balaban J connectivity index is 3.05. The number of nitrogens with one attached hydrogen (secondary N) is 1. The molecule has 1 aromatic carbocycles. The highest BCUT2D eigenvalue weighted by Crippen LogP contribution is 2.27. The van der Waals surface area contributed by atoms with Crippen LogP contribution in [0.3, 0.4) is 0 Å². The summed E-state index contributed by atoms with van der Waals surface area (Å²) >= 11 is 8.79. The van der Waals surface area contributed by atoms with Crippen molar-refractivity contribution in [3.8, 4) is 5.75 Å². The number of nitrogens with zero attached hydrogens (tertiary/aromatic N) is 1. The van der Waals surface area contributed by atoms with E-state index in [0.29, 0.717) is 5.75 Å². The van der Waals surface area contributed by atoms with E-state index in [1.807, 2.05) is 19.1 Å². The lowest BCUT2D eigenvalue weighted by Crippen LogP contribution is -2.25. The molecule has 0 heterocycles. The molecule has 0 saturated carbocycles. The summed E-state index contributed by atoms with van der Waals surface area (Å²) in [6, 6.07) is 3.69. The third-order valence-electron chi connectivity index (χ3n) is 1.77. The molecule has 4 nitrogen and oxygen atoms in total. The lowest BCUT2D eigenvalue weighted by molar-refractivity contribution is 0.467. The molecule has 4 N–H and O–H groups in total. The first-order chi connectivity index (χ1) is 7.41. The van der Waals surface area contributed by atoms with E-state index in [1.165, 1.54) is 0 Å². The van der Waals surface area contributed by atoms with E-state index < -0.39 is 0 Å². The Hall–Kier alpha value is -0.160. The number of aromatic hydroxyl groups is 1. The van der Waals surface area contributed by atoms with Gasteiger partial charge in [-0.25, -0.2) is 0 Å². The van der Waals surface area contributed by atoms with Gasteiger partial charge in [-0.1, -0.05) is 0 Å². The molecular weight excluding hydrogens is 452 g/mol. The van der Waals surface area contributed by atoms with Crippen LogP contribution >= 0.6 is 57.4 Å². The normalized spacial score (nSPS) is 11.3. The van der Waals surface area contributed by atoms with Crippen LogP contribution in [0.1, 0.15) is 12.5 Å². The van der Waals surface area contributed by atoms with Crippen molar-refractivity contribution in [3.63, 3.8) is 0 Å². The highest BCUT2D eigenvalue weighted by atomic mass is 127. The Morgan fingerprint density at radius 2 is 1.94 bits per heavy atom. The molecule has 1 aromatic rings. The van der Waals surface area contributed by atoms with Crippen LogP contribution in [0.5, 0.6) is 5.75 Å². The van der Waals surface area contributed by atoms with E-state index >= 15 is 0 Å². The second-order valence-corrected chi connectivity index (χ2v) is 5.73. The summed E-state index contributed by atoms with van der Waals surface area (Å²) < 4.78 is 1.56. The van der Waals surface area contributed by atoms with Crippen LogP contribution < -0.4 is 11.2 Å². The summed E-state index contributed by atoms with van der Waals surface area (Å²) in [5, 5.41) is 13.8. The van der Waals surface area contributed by atoms with Gasteiger partial charge < -0.3 is 10.8 Å². The fraction of sp³-hybridized carbons (Fsp3) is 0.111. The fourth-order valence-electron chi connectivity index (χ4n) is 0.978. The zero-order valence-electron chi connectivity index (χ0n) is 8.29. The Bertz CT molecular complexity index is 439. The molecule has 1 rings (SSSR count). The highest BCUT2D eigenvalue weighted by Gasteiger charge is 2.07. The van der Waals surface area contributed by atoms with Crippen LogP contribution in [-0.2, 0) is 0 Å². The second-order valence-electron chi connectivity index (χ2n) is 2.96. The van der Waals surface area contributed by atoms with Crippen molar-refractivity contribution in [2.24, 2.45) is 10.8 Å². The maximum atomic E-state index is 9.62. The van der Waals surface area contributed by atoms with E-state index in [9.17, 15) is 5.11 Å². The molecule has 0 unspecified atom stereocenters. The van der Waals surface area contributed by atoms with Gasteiger partial charge in [0.1, 0.15) is 5.75 Å². The molecule has 86 valence electrons. The topological polar surface area (TPSA) is 70.6 Å². The van der Waals surface area contributed by atoms with Gasteiger partial charge in [-0.3, -0.25) is 5.43 Å². The minimum Gasteiger partial charge on any atom is -0.506 e. The Morgan fingerprint density at radius 3 is 2.38 bits per heavy atom. The minimum atomic E-state index is 0.127. The molecule has 0 bridgehead atoms. The van der Waals surface area contributed by atoms with Crippen molar-refractivity contribution in [1.82, 2.24) is 5.43 Å². The quantitative estimate of drug-likeness (QED) is 0.274. The number of phenols is 1. The van der Waals surface area contributed by atoms with Crippen molar-refractivity contribution in [3.05, 3.63) is 24.8 Å². The predicted molar refractivity (Wildman–Crippen MR) is 85.7 cm³/mol. The summed E-state index contributed by atoms with van der Waals surface area (Å²) in [5.41, 5.74) is 9.47. The molecule has 0 aromatic heterocycles. The third kappa shape index (κ3) is 3.70. The van der Waals surface area contributed by atoms with Gasteiger partial charge in [0.2, 0.25) is 0 Å². The van der Waals surface area contributed by atoms with Crippen molar-refractivity contribution in [1.29, 1.82) is 0 Å². The minimum absolute atomic E-state index is 0.127. The molecular formula is C9H9I2N3OS. The van der Waals surface area contributed by atoms with Gasteiger partial charge in [0.05, 0.1) is 12.9 Å². The van der Waals surface area contributed by atoms with E-state index in [2.05, 4.69) is 67.9 Å². The largest absolute Gasteiger partial charge is 0.506 e. The van der Waals surface area contributed by atoms with Gasteiger partial charge >= 0.3 is 0 Å². The summed E-state index contributed by atoms with van der Waals surface area (Å²) in [7, 11) is 0. The molecule has 0 aliphatic rings. The van der Waals surface area contributed by atoms with Crippen LogP contribution in [0.4, 0.5) is 0 Å². The molecule has 0 amide bonds. The Labute approximate surface area is 126 Å². The average Bonchev–Trinajstić information content (AvgIpc) is 2.21. The molecule has 0 saturated heterocycles. The molecule has 0 fully saturated rings. The van der Waals surface area contributed by atoms with Crippen molar-refractivity contribution >= 4 is 68.2 Å². The highest BCUT2D eigenvalue weighted by molar-refractivity contribution is 14.1. The zero-order valence-corrected chi connectivity index (χ0v) is 13.4. The smallest absolute Gasteiger partial charge is 0.184 e. The number of benzene rings is 1. The van der Waals surface area contributed by atoms with Gasteiger partial charge in [-0.2, -0.15) is 5.10 Å². The van der Waals surface area contributed by atoms with Gasteiger partial charge in [-0.15, -0.1) is 0 Å². The predicted octanol–water partition coefficient (Wildman–Crippen LogP) is 2.16. The van der Waals surface area contributed by atoms with Crippen LogP contribution in [0.15, 0.2) is 17.2 Å². The summed E-state index contributed by atoms with van der Waals surface area (Å²) in [6.07, 6.45) is 0. The molecule has 0 spiro atoms. The molecule has 0 radical (unpaired) electrons. The monoisotopic (exact) mass is 461 g/mol. The first kappa shape index (κ1) is 13.9. The summed E-state index contributed by atoms with van der Waals surface area (Å²) in [5.74, 6) is 0.292. The number of hydrogen-bond donors (Lipinski definition) is 3. The first-order valence-electron chi connectivity index (χ1n) is 4.20. The first-order valence-corrected chi connectivity index (χ1v) is 6.76. The maximum absolute atomic E-state index is 9.62. The van der Waals surface area contributed by atoms with Crippen molar-refractivity contribution < 1.29 is 5.11 Å². The van der Waals surface area contributed by atoms with Crippen molar-refractivity contribution in [2.45, 2.75) is 6.92 Å². The molecule has 7 heteroatoms. The fourth-order valence-corrected chi connectivity index (χ4v) is 2.79. The maximum Gasteiger partial charge on any atom is 0.184 e. The molecule has 0 aliphatic carbocycles. The van der Waals surface area contributed by atoms with E-state index in [1.54, 1.807) is 0 Å². The lowest BCUT2D eigenvalue weighted by Gasteiger charge is -2.06. The summed E-state index contributed by atoms with van der Waals surface area (Å²) in [6.45, 7) is 1.84. The van der Waals surface area contributed by atoms with Gasteiger partial charge in [0.15, 0.2) is 5.11 Å². The lowest BCUT2D eigenvalue weighted by atomic mass is 10.1. The van der Waals surface area contributed by atoms with Crippen LogP contribution in [0.2, 0.25) is 0 Å². The zero-order chi connectivity index (χ0) is 12.3. The molecule has 0 aliphatic heterocycles.